The maximum Gasteiger partial charge on any atom is 0.230 e. The highest BCUT2D eigenvalue weighted by Crippen LogP contribution is 2.48. The molecule has 0 spiro atoms. The topological polar surface area (TPSA) is 82.1 Å². The zero-order valence-electron chi connectivity index (χ0n) is 9.41. The third-order valence-corrected chi connectivity index (χ3v) is 4.39. The van der Waals surface area contributed by atoms with Gasteiger partial charge in [0, 0.05) is 23.5 Å². The molecule has 94 valence electrons. The Kier molecular flexibility index (Phi) is 2.66. The monoisotopic (exact) mass is 263 g/mol. The number of aromatic nitrogens is 1. The molecule has 0 aliphatic heterocycles. The van der Waals surface area contributed by atoms with Gasteiger partial charge in [-0.25, -0.2) is 4.98 Å². The summed E-state index contributed by atoms with van der Waals surface area (Å²) in [4.78, 5) is 27.3. The lowest BCUT2D eigenvalue weighted by molar-refractivity contribution is -0.313. The fraction of sp³-hybridized carbons (Fsp3) is 0.417. The highest BCUT2D eigenvalue weighted by Gasteiger charge is 2.48. The number of rotatable bonds is 3. The van der Waals surface area contributed by atoms with Crippen LogP contribution in [0.1, 0.15) is 6.42 Å². The number of thiazole rings is 1. The highest BCUT2D eigenvalue weighted by atomic mass is 32.1. The van der Waals surface area contributed by atoms with Gasteiger partial charge in [0.1, 0.15) is 0 Å². The summed E-state index contributed by atoms with van der Waals surface area (Å²) in [5.41, 5.74) is 0. The molecule has 1 saturated carbocycles. The largest absolute Gasteiger partial charge is 0.550 e. The number of hydrogen-bond donors (Lipinski definition) is 1. The Morgan fingerprint density at radius 3 is 2.67 bits per heavy atom. The molecular weight excluding hydrogens is 252 g/mol. The first-order valence-corrected chi connectivity index (χ1v) is 6.64. The summed E-state index contributed by atoms with van der Waals surface area (Å²) in [7, 11) is 0. The van der Waals surface area contributed by atoms with Crippen molar-refractivity contribution in [3.05, 3.63) is 23.7 Å². The minimum absolute atomic E-state index is 0.0119. The van der Waals surface area contributed by atoms with E-state index in [2.05, 4.69) is 10.3 Å². The van der Waals surface area contributed by atoms with Gasteiger partial charge >= 0.3 is 0 Å². The lowest BCUT2D eigenvalue weighted by atomic mass is 9.82. The molecule has 6 heteroatoms. The Morgan fingerprint density at radius 1 is 1.33 bits per heavy atom. The van der Waals surface area contributed by atoms with Crippen LogP contribution < -0.4 is 10.4 Å². The van der Waals surface area contributed by atoms with Crippen LogP contribution in [-0.2, 0) is 9.59 Å². The van der Waals surface area contributed by atoms with Gasteiger partial charge in [-0.1, -0.05) is 12.2 Å². The zero-order valence-corrected chi connectivity index (χ0v) is 10.2. The SMILES string of the molecule is O=C([O-])[C@H]1[C@H](C(=O)Nc2nccs2)[C@H]2C=C[C@@H]1C2. The Morgan fingerprint density at radius 2 is 2.06 bits per heavy atom. The Balaban J connectivity index is 1.80. The van der Waals surface area contributed by atoms with Gasteiger partial charge in [0.05, 0.1) is 5.92 Å². The molecule has 18 heavy (non-hydrogen) atoms. The van der Waals surface area contributed by atoms with Crippen molar-refractivity contribution in [2.75, 3.05) is 5.32 Å². The van der Waals surface area contributed by atoms with E-state index in [0.29, 0.717) is 5.13 Å². The predicted molar refractivity (Wildman–Crippen MR) is 63.5 cm³/mol. The van der Waals surface area contributed by atoms with E-state index in [1.807, 2.05) is 12.2 Å². The summed E-state index contributed by atoms with van der Waals surface area (Å²) in [5, 5.41) is 16.1. The van der Waals surface area contributed by atoms with Crippen molar-refractivity contribution < 1.29 is 14.7 Å². The number of amides is 1. The Hall–Kier alpha value is -1.69. The Labute approximate surface area is 108 Å². The van der Waals surface area contributed by atoms with Crippen LogP contribution in [0.3, 0.4) is 0 Å². The first kappa shape index (κ1) is 11.4. The van der Waals surface area contributed by atoms with Gasteiger partial charge in [-0.05, 0) is 18.3 Å². The first-order valence-electron chi connectivity index (χ1n) is 5.76. The molecular formula is C12H11N2O3S-. The number of allylic oxidation sites excluding steroid dienone is 2. The number of carbonyl (C=O) groups is 2. The van der Waals surface area contributed by atoms with Gasteiger partial charge in [0.25, 0.3) is 0 Å². The van der Waals surface area contributed by atoms with Crippen LogP contribution in [-0.4, -0.2) is 16.9 Å². The van der Waals surface area contributed by atoms with Crippen LogP contribution in [0.4, 0.5) is 5.13 Å². The number of anilines is 1. The number of carboxylic acid groups (broad SMARTS) is 1. The molecule has 2 bridgehead atoms. The standard InChI is InChI=1S/C12H12N2O3S/c15-10(14-12-13-3-4-18-12)8-6-1-2-7(5-6)9(8)11(16)17/h1-4,6-9H,5H2,(H,16,17)(H,13,14,15)/p-1/t6-,7+,8+,9+/m0/s1. The number of nitrogens with zero attached hydrogens (tertiary/aromatic N) is 1. The number of hydrogen-bond acceptors (Lipinski definition) is 5. The molecule has 1 N–H and O–H groups in total. The Bertz CT molecular complexity index is 511. The fourth-order valence-corrected chi connectivity index (χ4v) is 3.51. The molecule has 0 radical (unpaired) electrons. The molecule has 4 atom stereocenters. The molecule has 3 rings (SSSR count). The van der Waals surface area contributed by atoms with E-state index in [4.69, 9.17) is 0 Å². The van der Waals surface area contributed by atoms with Crippen LogP contribution in [0.25, 0.3) is 0 Å². The van der Waals surface area contributed by atoms with Gasteiger partial charge in [-0.15, -0.1) is 11.3 Å². The van der Waals surface area contributed by atoms with Crippen molar-refractivity contribution in [3.8, 4) is 0 Å². The van der Waals surface area contributed by atoms with Gasteiger partial charge in [0.2, 0.25) is 5.91 Å². The number of carbonyl (C=O) groups excluding carboxylic acids is 2. The lowest BCUT2D eigenvalue weighted by Gasteiger charge is -2.27. The van der Waals surface area contributed by atoms with Gasteiger partial charge in [-0.2, -0.15) is 0 Å². The molecule has 1 amide bonds. The minimum atomic E-state index is -1.13. The molecule has 0 saturated heterocycles. The van der Waals surface area contributed by atoms with Crippen molar-refractivity contribution in [3.63, 3.8) is 0 Å². The quantitative estimate of drug-likeness (QED) is 0.794. The molecule has 1 aromatic heterocycles. The minimum Gasteiger partial charge on any atom is -0.550 e. The molecule has 1 aromatic rings. The maximum absolute atomic E-state index is 12.1. The average Bonchev–Trinajstić information content (AvgIpc) is 3.03. The molecule has 5 nitrogen and oxygen atoms in total. The van der Waals surface area contributed by atoms with Crippen LogP contribution >= 0.6 is 11.3 Å². The smallest absolute Gasteiger partial charge is 0.230 e. The number of carboxylic acids is 1. The summed E-state index contributed by atoms with van der Waals surface area (Å²) >= 11 is 1.32. The summed E-state index contributed by atoms with van der Waals surface area (Å²) in [6, 6.07) is 0. The predicted octanol–water partition coefficient (Wildman–Crippen LogP) is 0.270. The second-order valence-electron chi connectivity index (χ2n) is 4.65. The van der Waals surface area contributed by atoms with E-state index in [1.165, 1.54) is 11.3 Å². The number of aliphatic carboxylic acids is 1. The number of fused-ring (bicyclic) bond motifs is 2. The summed E-state index contributed by atoms with van der Waals surface area (Å²) in [6.45, 7) is 0. The highest BCUT2D eigenvalue weighted by molar-refractivity contribution is 7.13. The van der Waals surface area contributed by atoms with Gasteiger partial charge < -0.3 is 15.2 Å². The van der Waals surface area contributed by atoms with Crippen molar-refractivity contribution in [1.29, 1.82) is 0 Å². The summed E-state index contributed by atoms with van der Waals surface area (Å²) < 4.78 is 0. The van der Waals surface area contributed by atoms with E-state index >= 15 is 0 Å². The van der Waals surface area contributed by atoms with Crippen LogP contribution in [0, 0.1) is 23.7 Å². The second kappa shape index (κ2) is 4.20. The average molecular weight is 263 g/mol. The maximum atomic E-state index is 12.1. The van der Waals surface area contributed by atoms with E-state index in [0.717, 1.165) is 6.42 Å². The molecule has 2 aliphatic rings. The van der Waals surface area contributed by atoms with Gasteiger partial charge in [0.15, 0.2) is 5.13 Å². The summed E-state index contributed by atoms with van der Waals surface area (Å²) in [5.74, 6) is -2.69. The van der Waals surface area contributed by atoms with Crippen LogP contribution in [0.15, 0.2) is 23.7 Å². The molecule has 0 aromatic carbocycles. The van der Waals surface area contributed by atoms with Crippen LogP contribution in [0.2, 0.25) is 0 Å². The van der Waals surface area contributed by atoms with E-state index in [-0.39, 0.29) is 17.7 Å². The van der Waals surface area contributed by atoms with Crippen molar-refractivity contribution in [2.24, 2.45) is 23.7 Å². The first-order chi connectivity index (χ1) is 8.66. The van der Waals surface area contributed by atoms with Crippen LogP contribution in [0.5, 0.6) is 0 Å². The van der Waals surface area contributed by atoms with Crippen molar-refractivity contribution >= 4 is 28.3 Å². The molecule has 1 heterocycles. The lowest BCUT2D eigenvalue weighted by Crippen LogP contribution is -2.42. The molecule has 2 aliphatic carbocycles. The van der Waals surface area contributed by atoms with Crippen molar-refractivity contribution in [2.45, 2.75) is 6.42 Å². The second-order valence-corrected chi connectivity index (χ2v) is 5.54. The third-order valence-electron chi connectivity index (χ3n) is 3.70. The fourth-order valence-electron chi connectivity index (χ4n) is 2.97. The van der Waals surface area contributed by atoms with E-state index in [1.54, 1.807) is 11.6 Å². The van der Waals surface area contributed by atoms with Gasteiger partial charge in [-0.3, -0.25) is 4.79 Å². The van der Waals surface area contributed by atoms with E-state index in [9.17, 15) is 14.7 Å². The number of nitrogens with one attached hydrogen (secondary N) is 1. The van der Waals surface area contributed by atoms with E-state index < -0.39 is 17.8 Å². The third kappa shape index (κ3) is 1.73. The normalized spacial score (nSPS) is 32.7. The van der Waals surface area contributed by atoms with Crippen molar-refractivity contribution in [1.82, 2.24) is 4.98 Å². The zero-order chi connectivity index (χ0) is 12.7. The summed E-state index contributed by atoms with van der Waals surface area (Å²) in [6.07, 6.45) is 6.15. The molecule has 1 fully saturated rings. The molecule has 0 unspecified atom stereocenters.